The van der Waals surface area contributed by atoms with Crippen molar-refractivity contribution in [2.75, 3.05) is 0 Å². The molecule has 0 bridgehead atoms. The van der Waals surface area contributed by atoms with Crippen molar-refractivity contribution in [3.05, 3.63) is 27.8 Å². The van der Waals surface area contributed by atoms with Gasteiger partial charge in [0.2, 0.25) is 0 Å². The van der Waals surface area contributed by atoms with Crippen molar-refractivity contribution in [2.24, 2.45) is 0 Å². The Kier molecular flexibility index (Phi) is 3.42. The van der Waals surface area contributed by atoms with Gasteiger partial charge in [0.15, 0.2) is 0 Å². The van der Waals surface area contributed by atoms with Crippen LogP contribution in [0.15, 0.2) is 21.9 Å². The van der Waals surface area contributed by atoms with Crippen LogP contribution in [-0.4, -0.2) is 13.3 Å². The lowest BCUT2D eigenvalue weighted by Gasteiger charge is -2.01. The number of nitro groups is 1. The Morgan fingerprint density at radius 3 is 2.44 bits per heavy atom. The molecule has 0 aliphatic rings. The molecule has 0 unspecified atom stereocenters. The first-order valence-electron chi connectivity index (χ1n) is 3.63. The van der Waals surface area contributed by atoms with E-state index >= 15 is 0 Å². The molecule has 0 atom stereocenters. The number of halogens is 1. The highest BCUT2D eigenvalue weighted by atomic mass is 35.7. The summed E-state index contributed by atoms with van der Waals surface area (Å²) in [6.45, 7) is 0. The van der Waals surface area contributed by atoms with Gasteiger partial charge in [-0.2, -0.15) is 5.26 Å². The minimum atomic E-state index is -4.21. The molecule has 0 saturated heterocycles. The lowest BCUT2D eigenvalue weighted by molar-refractivity contribution is -0.387. The highest BCUT2D eigenvalue weighted by molar-refractivity contribution is 8.13. The van der Waals surface area contributed by atoms with Gasteiger partial charge >= 0.3 is 0 Å². The minimum Gasteiger partial charge on any atom is -0.258 e. The molecule has 0 amide bonds. The maximum Gasteiger partial charge on any atom is 0.284 e. The third kappa shape index (κ3) is 2.44. The zero-order chi connectivity index (χ0) is 12.5. The highest BCUT2D eigenvalue weighted by Gasteiger charge is 2.23. The topological polar surface area (TPSA) is 101 Å². The van der Waals surface area contributed by atoms with Gasteiger partial charge in [0, 0.05) is 16.7 Å². The summed E-state index contributed by atoms with van der Waals surface area (Å²) in [7, 11) is 0.838. The van der Waals surface area contributed by atoms with Crippen molar-refractivity contribution in [2.45, 2.75) is 9.79 Å². The molecule has 84 valence electrons. The first kappa shape index (κ1) is 12.8. The Morgan fingerprint density at radius 1 is 1.50 bits per heavy atom. The molecule has 1 aromatic carbocycles. The molecule has 0 radical (unpaired) electrons. The van der Waals surface area contributed by atoms with Crippen LogP contribution in [0.2, 0.25) is 0 Å². The summed E-state index contributed by atoms with van der Waals surface area (Å²) in [4.78, 5) is 9.02. The monoisotopic (exact) mass is 278 g/mol. The molecule has 0 heterocycles. The van der Waals surface area contributed by atoms with Gasteiger partial charge in [-0.15, -0.1) is 12.6 Å². The van der Waals surface area contributed by atoms with E-state index in [0.29, 0.717) is 6.07 Å². The van der Waals surface area contributed by atoms with E-state index in [1.54, 1.807) is 6.07 Å². The normalized spacial score (nSPS) is 10.8. The minimum absolute atomic E-state index is 0.106. The van der Waals surface area contributed by atoms with Crippen molar-refractivity contribution >= 4 is 38.0 Å². The Labute approximate surface area is 100 Å². The molecule has 16 heavy (non-hydrogen) atoms. The Balaban J connectivity index is 3.68. The van der Waals surface area contributed by atoms with Crippen molar-refractivity contribution in [3.8, 4) is 6.07 Å². The molecule has 0 aromatic heterocycles. The van der Waals surface area contributed by atoms with Gasteiger partial charge in [0.05, 0.1) is 15.4 Å². The number of nitro benzene ring substituents is 1. The fraction of sp³-hybridized carbons (Fsp3) is 0. The number of benzene rings is 1. The number of hydrogen-bond donors (Lipinski definition) is 1. The van der Waals surface area contributed by atoms with Crippen LogP contribution in [0.3, 0.4) is 0 Å². The number of nitriles is 1. The Morgan fingerprint density at radius 2 is 2.06 bits per heavy atom. The standard InChI is InChI=1S/C7H3ClN2O4S2/c8-16(13,14)7-2-5(10(11)12)6(15)1-4(7)3-9/h1-2,15H. The van der Waals surface area contributed by atoms with Crippen LogP contribution in [0, 0.1) is 21.4 Å². The van der Waals surface area contributed by atoms with Crippen LogP contribution in [0.25, 0.3) is 0 Å². The molecule has 0 saturated carbocycles. The molecule has 0 aliphatic carbocycles. The highest BCUT2D eigenvalue weighted by Crippen LogP contribution is 2.30. The average Bonchev–Trinajstić information content (AvgIpc) is 2.14. The smallest absolute Gasteiger partial charge is 0.258 e. The summed E-state index contributed by atoms with van der Waals surface area (Å²) >= 11 is 3.77. The number of rotatable bonds is 2. The van der Waals surface area contributed by atoms with Gasteiger partial charge in [0.25, 0.3) is 14.7 Å². The summed E-state index contributed by atoms with van der Waals surface area (Å²) in [6, 6.07) is 3.27. The van der Waals surface area contributed by atoms with Crippen molar-refractivity contribution < 1.29 is 13.3 Å². The first-order valence-corrected chi connectivity index (χ1v) is 6.39. The molecule has 0 fully saturated rings. The largest absolute Gasteiger partial charge is 0.284 e. The Hall–Kier alpha value is -1.30. The van der Waals surface area contributed by atoms with E-state index < -0.39 is 24.6 Å². The summed E-state index contributed by atoms with van der Waals surface area (Å²) in [5.41, 5.74) is -0.813. The third-order valence-electron chi connectivity index (χ3n) is 1.66. The summed E-state index contributed by atoms with van der Waals surface area (Å²) < 4.78 is 22.1. The molecular formula is C7H3ClN2O4S2. The molecule has 9 heteroatoms. The molecule has 1 aromatic rings. The van der Waals surface area contributed by atoms with E-state index in [4.69, 9.17) is 15.9 Å². The van der Waals surface area contributed by atoms with E-state index in [2.05, 4.69) is 12.6 Å². The average molecular weight is 279 g/mol. The third-order valence-corrected chi connectivity index (χ3v) is 3.38. The summed E-state index contributed by atoms with van der Waals surface area (Å²) in [5.74, 6) is 0. The van der Waals surface area contributed by atoms with Crippen LogP contribution in [0.4, 0.5) is 5.69 Å². The van der Waals surface area contributed by atoms with Gasteiger partial charge in [-0.25, -0.2) is 8.42 Å². The lowest BCUT2D eigenvalue weighted by Crippen LogP contribution is -1.99. The second-order valence-electron chi connectivity index (χ2n) is 2.64. The van der Waals surface area contributed by atoms with Crippen LogP contribution in [0.5, 0.6) is 0 Å². The second kappa shape index (κ2) is 4.29. The van der Waals surface area contributed by atoms with Gasteiger partial charge < -0.3 is 0 Å². The van der Waals surface area contributed by atoms with E-state index in [0.717, 1.165) is 6.07 Å². The fourth-order valence-corrected chi connectivity index (χ4v) is 2.27. The fourth-order valence-electron chi connectivity index (χ4n) is 0.993. The molecule has 0 aliphatic heterocycles. The van der Waals surface area contributed by atoms with Gasteiger partial charge in [-0.3, -0.25) is 10.1 Å². The zero-order valence-corrected chi connectivity index (χ0v) is 9.88. The van der Waals surface area contributed by atoms with Crippen LogP contribution in [0.1, 0.15) is 5.56 Å². The van der Waals surface area contributed by atoms with E-state index in [-0.39, 0.29) is 10.5 Å². The molecule has 6 nitrogen and oxygen atoms in total. The zero-order valence-electron chi connectivity index (χ0n) is 7.42. The van der Waals surface area contributed by atoms with Crippen molar-refractivity contribution in [3.63, 3.8) is 0 Å². The molecule has 0 spiro atoms. The van der Waals surface area contributed by atoms with Crippen molar-refractivity contribution in [1.29, 1.82) is 5.26 Å². The maximum absolute atomic E-state index is 11.1. The van der Waals surface area contributed by atoms with Crippen LogP contribution < -0.4 is 0 Å². The van der Waals surface area contributed by atoms with Crippen LogP contribution >= 0.6 is 23.3 Å². The van der Waals surface area contributed by atoms with Gasteiger partial charge in [0.1, 0.15) is 11.0 Å². The number of nitrogens with zero attached hydrogens (tertiary/aromatic N) is 2. The van der Waals surface area contributed by atoms with Gasteiger partial charge in [-0.1, -0.05) is 0 Å². The molecule has 1 rings (SSSR count). The lowest BCUT2D eigenvalue weighted by atomic mass is 10.2. The number of hydrogen-bond acceptors (Lipinski definition) is 6. The van der Waals surface area contributed by atoms with E-state index in [1.807, 2.05) is 0 Å². The predicted octanol–water partition coefficient (Wildman–Crippen LogP) is 1.68. The molecule has 0 N–H and O–H groups in total. The first-order chi connectivity index (χ1) is 7.27. The van der Waals surface area contributed by atoms with E-state index in [1.165, 1.54) is 0 Å². The van der Waals surface area contributed by atoms with E-state index in [9.17, 15) is 18.5 Å². The number of thiol groups is 1. The predicted molar refractivity (Wildman–Crippen MR) is 58.1 cm³/mol. The summed E-state index contributed by atoms with van der Waals surface area (Å²) in [5, 5.41) is 19.2. The van der Waals surface area contributed by atoms with Crippen LogP contribution in [-0.2, 0) is 9.05 Å². The van der Waals surface area contributed by atoms with Crippen molar-refractivity contribution in [1.82, 2.24) is 0 Å². The second-order valence-corrected chi connectivity index (χ2v) is 5.66. The molecular weight excluding hydrogens is 276 g/mol. The maximum atomic E-state index is 11.1. The SMILES string of the molecule is N#Cc1cc(S)c([N+](=O)[O-])cc1S(=O)(=O)Cl. The summed E-state index contributed by atoms with van der Waals surface area (Å²) in [6.07, 6.45) is 0. The van der Waals surface area contributed by atoms with Gasteiger partial charge in [-0.05, 0) is 6.07 Å². The quantitative estimate of drug-likeness (QED) is 0.384. The Bertz CT molecular complexity index is 606.